The summed E-state index contributed by atoms with van der Waals surface area (Å²) in [6, 6.07) is -0.307. The molecule has 3 heteroatoms. The molecule has 1 fully saturated rings. The summed E-state index contributed by atoms with van der Waals surface area (Å²) in [6.45, 7) is 0.580. The number of ketones is 1. The molecule has 1 unspecified atom stereocenters. The van der Waals surface area contributed by atoms with Gasteiger partial charge in [-0.05, 0) is 18.8 Å². The van der Waals surface area contributed by atoms with Gasteiger partial charge in [0, 0.05) is 20.1 Å². The number of Topliss-reactive ketones (excluding diaryl/α,β-unsaturated/α-hetero) is 1. The fourth-order valence-corrected chi connectivity index (χ4v) is 1.34. The summed E-state index contributed by atoms with van der Waals surface area (Å²) in [6.07, 6.45) is 4.97. The molecule has 3 nitrogen and oxygen atoms in total. The minimum absolute atomic E-state index is 0.198. The number of rotatable bonds is 7. The SMILES string of the molecule is COCCC(N)C(=O)CCC1CC1. The molecule has 0 aromatic heterocycles. The summed E-state index contributed by atoms with van der Waals surface area (Å²) in [5, 5.41) is 0. The van der Waals surface area contributed by atoms with Crippen LogP contribution in [0.15, 0.2) is 0 Å². The molecule has 1 rings (SSSR count). The Balaban J connectivity index is 2.05. The second kappa shape index (κ2) is 5.35. The summed E-state index contributed by atoms with van der Waals surface area (Å²) >= 11 is 0. The predicted octanol–water partition coefficient (Wildman–Crippen LogP) is 1.11. The summed E-state index contributed by atoms with van der Waals surface area (Å²) in [7, 11) is 1.63. The zero-order valence-corrected chi connectivity index (χ0v) is 8.29. The minimum atomic E-state index is -0.307. The number of ether oxygens (including phenoxy) is 1. The first-order valence-corrected chi connectivity index (χ1v) is 5.01. The predicted molar refractivity (Wildman–Crippen MR) is 51.4 cm³/mol. The highest BCUT2D eigenvalue weighted by molar-refractivity contribution is 5.83. The summed E-state index contributed by atoms with van der Waals surface area (Å²) in [4.78, 5) is 11.4. The van der Waals surface area contributed by atoms with Gasteiger partial charge in [-0.15, -0.1) is 0 Å². The van der Waals surface area contributed by atoms with Crippen LogP contribution in [0.3, 0.4) is 0 Å². The van der Waals surface area contributed by atoms with Crippen LogP contribution in [0.4, 0.5) is 0 Å². The van der Waals surface area contributed by atoms with Crippen molar-refractivity contribution in [3.63, 3.8) is 0 Å². The highest BCUT2D eigenvalue weighted by Crippen LogP contribution is 2.33. The van der Waals surface area contributed by atoms with E-state index in [4.69, 9.17) is 10.5 Å². The number of hydrogen-bond donors (Lipinski definition) is 1. The number of methoxy groups -OCH3 is 1. The van der Waals surface area contributed by atoms with Gasteiger partial charge in [0.2, 0.25) is 0 Å². The van der Waals surface area contributed by atoms with E-state index in [1.54, 1.807) is 7.11 Å². The van der Waals surface area contributed by atoms with E-state index in [1.807, 2.05) is 0 Å². The van der Waals surface area contributed by atoms with Gasteiger partial charge < -0.3 is 10.5 Å². The Morgan fingerprint density at radius 2 is 2.31 bits per heavy atom. The second-order valence-electron chi connectivity index (χ2n) is 3.84. The van der Waals surface area contributed by atoms with Crippen LogP contribution in [0.2, 0.25) is 0 Å². The van der Waals surface area contributed by atoms with Crippen molar-refractivity contribution in [3.8, 4) is 0 Å². The lowest BCUT2D eigenvalue weighted by molar-refractivity contribution is -0.120. The molecule has 0 aromatic carbocycles. The molecule has 1 aliphatic carbocycles. The average Bonchev–Trinajstić information content (AvgIpc) is 2.93. The molecule has 1 atom stereocenters. The monoisotopic (exact) mass is 185 g/mol. The largest absolute Gasteiger partial charge is 0.385 e. The fraction of sp³-hybridized carbons (Fsp3) is 0.900. The molecule has 0 bridgehead atoms. The first-order valence-electron chi connectivity index (χ1n) is 5.01. The summed E-state index contributed by atoms with van der Waals surface area (Å²) in [5.41, 5.74) is 5.68. The van der Waals surface area contributed by atoms with Crippen LogP contribution in [0.5, 0.6) is 0 Å². The molecular weight excluding hydrogens is 166 g/mol. The van der Waals surface area contributed by atoms with Gasteiger partial charge in [-0.2, -0.15) is 0 Å². The third kappa shape index (κ3) is 4.39. The minimum Gasteiger partial charge on any atom is -0.385 e. The highest BCUT2D eigenvalue weighted by atomic mass is 16.5. The van der Waals surface area contributed by atoms with Crippen molar-refractivity contribution < 1.29 is 9.53 Å². The maximum Gasteiger partial charge on any atom is 0.149 e. The normalized spacial score (nSPS) is 18.6. The molecule has 76 valence electrons. The van der Waals surface area contributed by atoms with Gasteiger partial charge in [-0.25, -0.2) is 0 Å². The van der Waals surface area contributed by atoms with Gasteiger partial charge in [0.05, 0.1) is 6.04 Å². The first-order chi connectivity index (χ1) is 6.24. The van der Waals surface area contributed by atoms with E-state index in [0.29, 0.717) is 19.4 Å². The van der Waals surface area contributed by atoms with E-state index in [9.17, 15) is 4.79 Å². The van der Waals surface area contributed by atoms with Crippen LogP contribution in [0.1, 0.15) is 32.1 Å². The van der Waals surface area contributed by atoms with Crippen LogP contribution in [-0.2, 0) is 9.53 Å². The Hall–Kier alpha value is -0.410. The molecular formula is C10H19NO2. The number of carbonyl (C=O) groups excluding carboxylic acids is 1. The molecule has 1 aliphatic rings. The molecule has 1 saturated carbocycles. The Morgan fingerprint density at radius 1 is 1.62 bits per heavy atom. The highest BCUT2D eigenvalue weighted by Gasteiger charge is 2.23. The molecule has 0 heterocycles. The van der Waals surface area contributed by atoms with E-state index in [0.717, 1.165) is 12.3 Å². The Bertz CT molecular complexity index is 166. The number of carbonyl (C=O) groups is 1. The third-order valence-electron chi connectivity index (χ3n) is 2.54. The fourth-order valence-electron chi connectivity index (χ4n) is 1.34. The molecule has 0 aromatic rings. The maximum absolute atomic E-state index is 11.4. The molecule has 0 aliphatic heterocycles. The lowest BCUT2D eigenvalue weighted by atomic mass is 10.0. The van der Waals surface area contributed by atoms with Crippen molar-refractivity contribution in [2.45, 2.75) is 38.1 Å². The van der Waals surface area contributed by atoms with E-state index in [2.05, 4.69) is 0 Å². The van der Waals surface area contributed by atoms with Gasteiger partial charge in [-0.1, -0.05) is 12.8 Å². The van der Waals surface area contributed by atoms with Crippen molar-refractivity contribution >= 4 is 5.78 Å². The first kappa shape index (κ1) is 10.7. The molecule has 0 saturated heterocycles. The van der Waals surface area contributed by atoms with Gasteiger partial charge in [0.15, 0.2) is 0 Å². The van der Waals surface area contributed by atoms with Crippen molar-refractivity contribution in [1.82, 2.24) is 0 Å². The zero-order chi connectivity index (χ0) is 9.68. The van der Waals surface area contributed by atoms with Crippen LogP contribution in [0.25, 0.3) is 0 Å². The zero-order valence-electron chi connectivity index (χ0n) is 8.29. The van der Waals surface area contributed by atoms with E-state index in [1.165, 1.54) is 12.8 Å². The molecule has 0 spiro atoms. The Morgan fingerprint density at radius 3 is 2.85 bits per heavy atom. The molecule has 0 amide bonds. The molecule has 2 N–H and O–H groups in total. The van der Waals surface area contributed by atoms with Crippen LogP contribution >= 0.6 is 0 Å². The van der Waals surface area contributed by atoms with Gasteiger partial charge in [-0.3, -0.25) is 4.79 Å². The maximum atomic E-state index is 11.4. The van der Waals surface area contributed by atoms with E-state index >= 15 is 0 Å². The lowest BCUT2D eigenvalue weighted by Gasteiger charge is -2.08. The van der Waals surface area contributed by atoms with Crippen molar-refractivity contribution in [3.05, 3.63) is 0 Å². The number of nitrogens with two attached hydrogens (primary N) is 1. The molecule has 0 radical (unpaired) electrons. The van der Waals surface area contributed by atoms with Crippen molar-refractivity contribution in [2.75, 3.05) is 13.7 Å². The topological polar surface area (TPSA) is 52.3 Å². The van der Waals surface area contributed by atoms with Crippen molar-refractivity contribution in [1.29, 1.82) is 0 Å². The van der Waals surface area contributed by atoms with Crippen LogP contribution < -0.4 is 5.73 Å². The third-order valence-corrected chi connectivity index (χ3v) is 2.54. The smallest absolute Gasteiger partial charge is 0.149 e. The molecule has 13 heavy (non-hydrogen) atoms. The summed E-state index contributed by atoms with van der Waals surface area (Å²) in [5.74, 6) is 1.02. The average molecular weight is 185 g/mol. The second-order valence-corrected chi connectivity index (χ2v) is 3.84. The van der Waals surface area contributed by atoms with Gasteiger partial charge in [0.1, 0.15) is 5.78 Å². The summed E-state index contributed by atoms with van der Waals surface area (Å²) < 4.78 is 4.87. The Kier molecular flexibility index (Phi) is 4.39. The van der Waals surface area contributed by atoms with E-state index < -0.39 is 0 Å². The van der Waals surface area contributed by atoms with Crippen LogP contribution in [-0.4, -0.2) is 25.5 Å². The van der Waals surface area contributed by atoms with Gasteiger partial charge >= 0.3 is 0 Å². The van der Waals surface area contributed by atoms with E-state index in [-0.39, 0.29) is 11.8 Å². The standard InChI is InChI=1S/C10H19NO2/c1-13-7-6-9(11)10(12)5-4-8-2-3-8/h8-9H,2-7,11H2,1H3. The van der Waals surface area contributed by atoms with Crippen molar-refractivity contribution in [2.24, 2.45) is 11.7 Å². The lowest BCUT2D eigenvalue weighted by Crippen LogP contribution is -2.31. The quantitative estimate of drug-likeness (QED) is 0.646. The van der Waals surface area contributed by atoms with Crippen LogP contribution in [0, 0.1) is 5.92 Å². The number of hydrogen-bond acceptors (Lipinski definition) is 3. The van der Waals surface area contributed by atoms with Gasteiger partial charge in [0.25, 0.3) is 0 Å². The Labute approximate surface area is 79.6 Å².